The Morgan fingerprint density at radius 2 is 1.82 bits per heavy atom. The Morgan fingerprint density at radius 3 is 2.55 bits per heavy atom. The number of rotatable bonds is 4. The molecule has 0 bridgehead atoms. The smallest absolute Gasteiger partial charge is 0.126 e. The molecule has 1 aromatic heterocycles. The number of aromatic nitrogens is 2. The number of hydrogen-bond donors (Lipinski definition) is 0. The third-order valence-corrected chi connectivity index (χ3v) is 4.24. The zero-order chi connectivity index (χ0) is 15.4. The molecule has 1 saturated heterocycles. The first-order chi connectivity index (χ1) is 10.7. The first-order valence-electron chi connectivity index (χ1n) is 7.61. The Balaban J connectivity index is 1.52. The van der Waals surface area contributed by atoms with E-state index in [-0.39, 0.29) is 11.6 Å². The van der Waals surface area contributed by atoms with E-state index < -0.39 is 0 Å². The van der Waals surface area contributed by atoms with Gasteiger partial charge >= 0.3 is 0 Å². The number of hydrogen-bond acceptors (Lipinski definition) is 3. The standard InChI is InChI=1S/C17H19F2N3/c18-16-1-2-17(19)15(8-16)7-13-3-5-22(6-4-13)11-14-9-20-12-21-10-14/h1-2,8-10,12-13H,3-7,11H2. The Bertz CT molecular complexity index is 611. The van der Waals surface area contributed by atoms with Gasteiger partial charge in [-0.1, -0.05) is 0 Å². The van der Waals surface area contributed by atoms with Gasteiger partial charge in [-0.2, -0.15) is 0 Å². The molecule has 116 valence electrons. The van der Waals surface area contributed by atoms with Crippen LogP contribution >= 0.6 is 0 Å². The molecule has 0 amide bonds. The fourth-order valence-electron chi connectivity index (χ4n) is 3.03. The van der Waals surface area contributed by atoms with Crippen LogP contribution in [0.4, 0.5) is 8.78 Å². The van der Waals surface area contributed by atoms with Gasteiger partial charge in [0.15, 0.2) is 0 Å². The summed E-state index contributed by atoms with van der Waals surface area (Å²) >= 11 is 0. The fourth-order valence-corrected chi connectivity index (χ4v) is 3.03. The van der Waals surface area contributed by atoms with Crippen molar-refractivity contribution < 1.29 is 8.78 Å². The molecule has 22 heavy (non-hydrogen) atoms. The normalized spacial score (nSPS) is 16.8. The van der Waals surface area contributed by atoms with Crippen molar-refractivity contribution in [3.05, 3.63) is 59.7 Å². The molecule has 0 atom stereocenters. The van der Waals surface area contributed by atoms with Gasteiger partial charge in [0.2, 0.25) is 0 Å². The third-order valence-electron chi connectivity index (χ3n) is 4.24. The molecule has 0 unspecified atom stereocenters. The highest BCUT2D eigenvalue weighted by Gasteiger charge is 2.21. The van der Waals surface area contributed by atoms with Gasteiger partial charge in [0, 0.05) is 24.5 Å². The number of nitrogens with zero attached hydrogens (tertiary/aromatic N) is 3. The molecule has 3 nitrogen and oxygen atoms in total. The van der Waals surface area contributed by atoms with Crippen molar-refractivity contribution in [2.24, 2.45) is 5.92 Å². The van der Waals surface area contributed by atoms with Gasteiger partial charge < -0.3 is 0 Å². The Morgan fingerprint density at radius 1 is 1.09 bits per heavy atom. The highest BCUT2D eigenvalue weighted by atomic mass is 19.1. The molecule has 0 N–H and O–H groups in total. The van der Waals surface area contributed by atoms with E-state index in [0.717, 1.165) is 38.0 Å². The molecule has 2 heterocycles. The zero-order valence-corrected chi connectivity index (χ0v) is 12.4. The Hall–Kier alpha value is -1.88. The average Bonchev–Trinajstić information content (AvgIpc) is 2.54. The molecule has 2 aromatic rings. The van der Waals surface area contributed by atoms with Crippen molar-refractivity contribution in [3.63, 3.8) is 0 Å². The molecular formula is C17H19F2N3. The predicted octanol–water partition coefficient (Wildman–Crippen LogP) is 3.21. The summed E-state index contributed by atoms with van der Waals surface area (Å²) in [6, 6.07) is 3.71. The van der Waals surface area contributed by atoms with E-state index >= 15 is 0 Å². The number of benzene rings is 1. The third kappa shape index (κ3) is 3.85. The molecule has 0 saturated carbocycles. The first-order valence-corrected chi connectivity index (χ1v) is 7.61. The fraction of sp³-hybridized carbons (Fsp3) is 0.412. The summed E-state index contributed by atoms with van der Waals surface area (Å²) in [5.74, 6) is -0.247. The summed E-state index contributed by atoms with van der Waals surface area (Å²) in [6.07, 6.45) is 7.82. The van der Waals surface area contributed by atoms with Gasteiger partial charge in [-0.05, 0) is 62.0 Å². The van der Waals surface area contributed by atoms with E-state index in [1.54, 1.807) is 0 Å². The minimum atomic E-state index is -0.363. The number of likely N-dealkylation sites (tertiary alicyclic amines) is 1. The maximum absolute atomic E-state index is 13.7. The minimum absolute atomic E-state index is 0.301. The van der Waals surface area contributed by atoms with Crippen LogP contribution in [0.5, 0.6) is 0 Å². The first kappa shape index (κ1) is 15.0. The molecule has 1 aromatic carbocycles. The van der Waals surface area contributed by atoms with Gasteiger partial charge in [-0.15, -0.1) is 0 Å². The van der Waals surface area contributed by atoms with Gasteiger partial charge in [0.25, 0.3) is 0 Å². The van der Waals surface area contributed by atoms with Crippen LogP contribution in [0.25, 0.3) is 0 Å². The Labute approximate surface area is 129 Å². The van der Waals surface area contributed by atoms with E-state index in [1.165, 1.54) is 24.5 Å². The van der Waals surface area contributed by atoms with Crippen LogP contribution in [-0.4, -0.2) is 28.0 Å². The molecule has 0 radical (unpaired) electrons. The van der Waals surface area contributed by atoms with Gasteiger partial charge in [-0.3, -0.25) is 4.90 Å². The van der Waals surface area contributed by atoms with Crippen LogP contribution in [0.2, 0.25) is 0 Å². The lowest BCUT2D eigenvalue weighted by Gasteiger charge is -2.32. The summed E-state index contributed by atoms with van der Waals surface area (Å²) in [4.78, 5) is 10.4. The molecule has 0 aliphatic carbocycles. The van der Waals surface area contributed by atoms with Gasteiger partial charge in [0.1, 0.15) is 18.0 Å². The summed E-state index contributed by atoms with van der Waals surface area (Å²) in [5.41, 5.74) is 1.60. The highest BCUT2D eigenvalue weighted by Crippen LogP contribution is 2.24. The lowest BCUT2D eigenvalue weighted by atomic mass is 9.90. The van der Waals surface area contributed by atoms with Crippen LogP contribution in [0.3, 0.4) is 0 Å². The van der Waals surface area contributed by atoms with Gasteiger partial charge in [-0.25, -0.2) is 18.7 Å². The van der Waals surface area contributed by atoms with Crippen LogP contribution in [0, 0.1) is 17.6 Å². The summed E-state index contributed by atoms with van der Waals surface area (Å²) < 4.78 is 26.9. The van der Waals surface area contributed by atoms with Crippen molar-refractivity contribution in [2.75, 3.05) is 13.1 Å². The van der Waals surface area contributed by atoms with Gasteiger partial charge in [0.05, 0.1) is 0 Å². The van der Waals surface area contributed by atoms with Crippen molar-refractivity contribution in [2.45, 2.75) is 25.8 Å². The SMILES string of the molecule is Fc1ccc(F)c(CC2CCN(Cc3cncnc3)CC2)c1. The maximum Gasteiger partial charge on any atom is 0.126 e. The molecule has 1 aliphatic rings. The molecule has 1 fully saturated rings. The quantitative estimate of drug-likeness (QED) is 0.868. The number of piperidine rings is 1. The highest BCUT2D eigenvalue weighted by molar-refractivity contribution is 5.19. The Kier molecular flexibility index (Phi) is 4.73. The lowest BCUT2D eigenvalue weighted by Crippen LogP contribution is -2.34. The molecular weight excluding hydrogens is 284 g/mol. The van der Waals surface area contributed by atoms with Crippen LogP contribution in [-0.2, 0) is 13.0 Å². The molecule has 0 spiro atoms. The second-order valence-electron chi connectivity index (χ2n) is 5.91. The van der Waals surface area contributed by atoms with Crippen molar-refractivity contribution in [3.8, 4) is 0 Å². The zero-order valence-electron chi connectivity index (χ0n) is 12.4. The lowest BCUT2D eigenvalue weighted by molar-refractivity contribution is 0.176. The van der Waals surface area contributed by atoms with Crippen molar-refractivity contribution in [1.82, 2.24) is 14.9 Å². The summed E-state index contributed by atoms with van der Waals surface area (Å²) in [7, 11) is 0. The molecule has 1 aliphatic heterocycles. The second kappa shape index (κ2) is 6.92. The number of halogens is 2. The van der Waals surface area contributed by atoms with Crippen LogP contribution in [0.1, 0.15) is 24.0 Å². The summed E-state index contributed by atoms with van der Waals surface area (Å²) in [6.45, 7) is 2.79. The monoisotopic (exact) mass is 303 g/mol. The second-order valence-corrected chi connectivity index (χ2v) is 5.91. The average molecular weight is 303 g/mol. The van der Waals surface area contributed by atoms with E-state index in [4.69, 9.17) is 0 Å². The largest absolute Gasteiger partial charge is 0.299 e. The van der Waals surface area contributed by atoms with Crippen LogP contribution in [0.15, 0.2) is 36.9 Å². The van der Waals surface area contributed by atoms with Crippen molar-refractivity contribution >= 4 is 0 Å². The molecule has 5 heteroatoms. The van der Waals surface area contributed by atoms with E-state index in [1.807, 2.05) is 12.4 Å². The van der Waals surface area contributed by atoms with E-state index in [2.05, 4.69) is 14.9 Å². The molecule has 3 rings (SSSR count). The van der Waals surface area contributed by atoms with E-state index in [9.17, 15) is 8.78 Å². The minimum Gasteiger partial charge on any atom is -0.299 e. The van der Waals surface area contributed by atoms with E-state index in [0.29, 0.717) is 17.9 Å². The summed E-state index contributed by atoms with van der Waals surface area (Å²) in [5, 5.41) is 0. The predicted molar refractivity (Wildman–Crippen MR) is 80.1 cm³/mol. The maximum atomic E-state index is 13.7. The van der Waals surface area contributed by atoms with Crippen molar-refractivity contribution in [1.29, 1.82) is 0 Å². The topological polar surface area (TPSA) is 29.0 Å². The van der Waals surface area contributed by atoms with Crippen LogP contribution < -0.4 is 0 Å².